The highest BCUT2D eigenvalue weighted by Gasteiger charge is 2.21. The third-order valence-electron chi connectivity index (χ3n) is 2.63. The fourth-order valence-electron chi connectivity index (χ4n) is 1.92. The van der Waals surface area contributed by atoms with Crippen LogP contribution < -0.4 is 11.1 Å². The van der Waals surface area contributed by atoms with E-state index in [1.54, 1.807) is 13.2 Å². The molecule has 0 bridgehead atoms. The number of rotatable bonds is 4. The van der Waals surface area contributed by atoms with E-state index >= 15 is 0 Å². The zero-order valence-corrected chi connectivity index (χ0v) is 12.5. The molecule has 1 amide bonds. The third-order valence-corrected chi connectivity index (χ3v) is 2.63. The summed E-state index contributed by atoms with van der Waals surface area (Å²) in [6.07, 6.45) is 0. The number of amides is 1. The van der Waals surface area contributed by atoms with Gasteiger partial charge in [-0.15, -0.1) is 0 Å². The standard InChI is InChI=1S/C16H22N2O2/c1-12-8-13(6-5-7-17)10-14(9-12)15(19)18-16(2,3)11-20-4/h8-10H,7,11,17H2,1-4H3,(H,18,19). The number of aryl methyl sites for hydroxylation is 1. The van der Waals surface area contributed by atoms with E-state index in [9.17, 15) is 4.79 Å². The van der Waals surface area contributed by atoms with Crippen molar-refractivity contribution in [2.45, 2.75) is 26.3 Å². The molecule has 0 saturated heterocycles. The van der Waals surface area contributed by atoms with Crippen LogP contribution in [0.4, 0.5) is 0 Å². The summed E-state index contributed by atoms with van der Waals surface area (Å²) in [7, 11) is 1.61. The molecule has 108 valence electrons. The molecular weight excluding hydrogens is 252 g/mol. The first-order valence-corrected chi connectivity index (χ1v) is 6.50. The van der Waals surface area contributed by atoms with Crippen LogP contribution in [0.1, 0.15) is 35.3 Å². The number of benzene rings is 1. The minimum atomic E-state index is -0.418. The number of ether oxygens (including phenoxy) is 1. The molecule has 1 rings (SSSR count). The zero-order valence-electron chi connectivity index (χ0n) is 12.5. The monoisotopic (exact) mass is 274 g/mol. The molecule has 0 aliphatic heterocycles. The van der Waals surface area contributed by atoms with Crippen LogP contribution >= 0.6 is 0 Å². The molecule has 0 fully saturated rings. The lowest BCUT2D eigenvalue weighted by Crippen LogP contribution is -2.46. The van der Waals surface area contributed by atoms with Crippen molar-refractivity contribution in [2.75, 3.05) is 20.3 Å². The molecule has 0 unspecified atom stereocenters. The van der Waals surface area contributed by atoms with Crippen LogP contribution in [0, 0.1) is 18.8 Å². The van der Waals surface area contributed by atoms with Crippen molar-refractivity contribution in [3.8, 4) is 11.8 Å². The van der Waals surface area contributed by atoms with E-state index < -0.39 is 5.54 Å². The van der Waals surface area contributed by atoms with E-state index in [0.29, 0.717) is 18.7 Å². The Hall–Kier alpha value is -1.83. The Balaban J connectivity index is 2.96. The maximum absolute atomic E-state index is 12.3. The van der Waals surface area contributed by atoms with Gasteiger partial charge in [0.1, 0.15) is 0 Å². The number of hydrogen-bond acceptors (Lipinski definition) is 3. The van der Waals surface area contributed by atoms with Gasteiger partial charge in [-0.2, -0.15) is 0 Å². The highest BCUT2D eigenvalue weighted by atomic mass is 16.5. The molecule has 0 atom stereocenters. The van der Waals surface area contributed by atoms with Gasteiger partial charge in [0.25, 0.3) is 5.91 Å². The zero-order chi connectivity index (χ0) is 15.2. The van der Waals surface area contributed by atoms with Gasteiger partial charge in [-0.3, -0.25) is 4.79 Å². The Labute approximate surface area is 120 Å². The lowest BCUT2D eigenvalue weighted by molar-refractivity contribution is 0.0820. The molecule has 3 N–H and O–H groups in total. The predicted octanol–water partition coefficient (Wildman–Crippen LogP) is 1.46. The van der Waals surface area contributed by atoms with Gasteiger partial charge in [0.05, 0.1) is 18.7 Å². The number of nitrogens with two attached hydrogens (primary N) is 1. The molecule has 0 heterocycles. The highest BCUT2D eigenvalue weighted by Crippen LogP contribution is 2.11. The predicted molar refractivity (Wildman–Crippen MR) is 80.5 cm³/mol. The number of carbonyl (C=O) groups is 1. The number of hydrogen-bond donors (Lipinski definition) is 2. The molecular formula is C16H22N2O2. The average molecular weight is 274 g/mol. The van der Waals surface area contributed by atoms with Crippen molar-refractivity contribution < 1.29 is 9.53 Å². The van der Waals surface area contributed by atoms with Crippen molar-refractivity contribution in [3.63, 3.8) is 0 Å². The first-order valence-electron chi connectivity index (χ1n) is 6.50. The lowest BCUT2D eigenvalue weighted by atomic mass is 10.0. The number of nitrogens with one attached hydrogen (secondary N) is 1. The van der Waals surface area contributed by atoms with E-state index in [0.717, 1.165) is 11.1 Å². The fraction of sp³-hybridized carbons (Fsp3) is 0.438. The molecule has 4 heteroatoms. The Kier molecular flexibility index (Phi) is 5.75. The minimum Gasteiger partial charge on any atom is -0.382 e. The van der Waals surface area contributed by atoms with Gasteiger partial charge in [0.15, 0.2) is 0 Å². The molecule has 0 aliphatic carbocycles. The van der Waals surface area contributed by atoms with Gasteiger partial charge in [-0.05, 0) is 44.5 Å². The Morgan fingerprint density at radius 3 is 2.70 bits per heavy atom. The van der Waals surface area contributed by atoms with Gasteiger partial charge < -0.3 is 15.8 Å². The largest absolute Gasteiger partial charge is 0.382 e. The van der Waals surface area contributed by atoms with Crippen LogP contribution in [-0.2, 0) is 4.74 Å². The van der Waals surface area contributed by atoms with Crippen LogP contribution in [0.2, 0.25) is 0 Å². The number of carbonyl (C=O) groups excluding carboxylic acids is 1. The van der Waals surface area contributed by atoms with E-state index in [2.05, 4.69) is 17.2 Å². The maximum atomic E-state index is 12.3. The summed E-state index contributed by atoms with van der Waals surface area (Å²) < 4.78 is 5.09. The van der Waals surface area contributed by atoms with Crippen molar-refractivity contribution in [2.24, 2.45) is 5.73 Å². The SMILES string of the molecule is COCC(C)(C)NC(=O)c1cc(C)cc(C#CCN)c1. The first kappa shape index (κ1) is 16.2. The Morgan fingerprint density at radius 2 is 2.10 bits per heavy atom. The summed E-state index contributed by atoms with van der Waals surface area (Å²) in [4.78, 5) is 12.3. The third kappa shape index (κ3) is 5.04. The summed E-state index contributed by atoms with van der Waals surface area (Å²) >= 11 is 0. The molecule has 20 heavy (non-hydrogen) atoms. The van der Waals surface area contributed by atoms with Crippen LogP contribution in [0.25, 0.3) is 0 Å². The van der Waals surface area contributed by atoms with Crippen molar-refractivity contribution in [1.82, 2.24) is 5.32 Å². The summed E-state index contributed by atoms with van der Waals surface area (Å²) in [5.74, 6) is 5.61. The Bertz CT molecular complexity index is 539. The van der Waals surface area contributed by atoms with E-state index in [-0.39, 0.29) is 5.91 Å². The molecule has 0 radical (unpaired) electrons. The lowest BCUT2D eigenvalue weighted by Gasteiger charge is -2.25. The van der Waals surface area contributed by atoms with Crippen LogP contribution in [0.15, 0.2) is 18.2 Å². The molecule has 0 aliphatic rings. The number of methoxy groups -OCH3 is 1. The molecule has 1 aromatic carbocycles. The molecule has 1 aromatic rings. The maximum Gasteiger partial charge on any atom is 0.251 e. The summed E-state index contributed by atoms with van der Waals surface area (Å²) in [6.45, 7) is 6.52. The second-order valence-corrected chi connectivity index (χ2v) is 5.36. The molecule has 4 nitrogen and oxygen atoms in total. The van der Waals surface area contributed by atoms with E-state index in [4.69, 9.17) is 10.5 Å². The molecule has 0 aromatic heterocycles. The molecule has 0 spiro atoms. The van der Waals surface area contributed by atoms with Gasteiger partial charge in [-0.1, -0.05) is 11.8 Å². The Morgan fingerprint density at radius 1 is 1.40 bits per heavy atom. The fourth-order valence-corrected chi connectivity index (χ4v) is 1.92. The summed E-state index contributed by atoms with van der Waals surface area (Å²) in [5, 5.41) is 2.95. The smallest absolute Gasteiger partial charge is 0.251 e. The normalized spacial score (nSPS) is 10.7. The van der Waals surface area contributed by atoms with Gasteiger partial charge in [-0.25, -0.2) is 0 Å². The highest BCUT2D eigenvalue weighted by molar-refractivity contribution is 5.95. The van der Waals surface area contributed by atoms with Crippen molar-refractivity contribution in [3.05, 3.63) is 34.9 Å². The van der Waals surface area contributed by atoms with Crippen LogP contribution in [0.5, 0.6) is 0 Å². The summed E-state index contributed by atoms with van der Waals surface area (Å²) in [5.41, 5.74) is 7.32. The van der Waals surface area contributed by atoms with Crippen LogP contribution in [0.3, 0.4) is 0 Å². The minimum absolute atomic E-state index is 0.133. The van der Waals surface area contributed by atoms with E-state index in [1.165, 1.54) is 0 Å². The molecule has 0 saturated carbocycles. The quantitative estimate of drug-likeness (QED) is 0.817. The van der Waals surface area contributed by atoms with Gasteiger partial charge >= 0.3 is 0 Å². The average Bonchev–Trinajstić information content (AvgIpc) is 2.35. The van der Waals surface area contributed by atoms with Gasteiger partial charge in [0.2, 0.25) is 0 Å². The topological polar surface area (TPSA) is 64.3 Å². The summed E-state index contributed by atoms with van der Waals surface area (Å²) in [6, 6.07) is 5.54. The van der Waals surface area contributed by atoms with Gasteiger partial charge in [0, 0.05) is 18.2 Å². The van der Waals surface area contributed by atoms with Crippen molar-refractivity contribution >= 4 is 5.91 Å². The van der Waals surface area contributed by atoms with E-state index in [1.807, 2.05) is 32.9 Å². The second kappa shape index (κ2) is 7.09. The first-order chi connectivity index (χ1) is 9.38. The van der Waals surface area contributed by atoms with Crippen LogP contribution in [-0.4, -0.2) is 31.7 Å². The second-order valence-electron chi connectivity index (χ2n) is 5.36. The van der Waals surface area contributed by atoms with Crippen molar-refractivity contribution in [1.29, 1.82) is 0 Å².